The highest BCUT2D eigenvalue weighted by Crippen LogP contribution is 2.44. The molecule has 38 heavy (non-hydrogen) atoms. The van der Waals surface area contributed by atoms with Crippen LogP contribution in [0.2, 0.25) is 0 Å². The van der Waals surface area contributed by atoms with Gasteiger partial charge in [0.1, 0.15) is 23.4 Å². The van der Waals surface area contributed by atoms with Crippen molar-refractivity contribution in [2.75, 3.05) is 32.7 Å². The Kier molecular flexibility index (Phi) is 6.58. The van der Waals surface area contributed by atoms with Crippen LogP contribution in [0, 0.1) is 5.92 Å². The standard InChI is InChI=1S/C26H29F2N9O/c27-24(28)19-2-1-3-20(34-19)26(38)36-10-8-35(9-11-36)21-12-22(17(21)4-6-29)37-14-16(13-33-37)23-18-5-7-30-25(18)32-15-31-23/h1-3,5,7,13-15,17,21-22,24H,4,6,8-12,29H2,(H,30,31,32). The van der Waals surface area contributed by atoms with Crippen molar-refractivity contribution in [1.29, 1.82) is 0 Å². The maximum Gasteiger partial charge on any atom is 0.280 e. The fourth-order valence-corrected chi connectivity index (χ4v) is 5.81. The van der Waals surface area contributed by atoms with Crippen molar-refractivity contribution >= 4 is 16.9 Å². The Labute approximate surface area is 217 Å². The number of aromatic nitrogens is 6. The summed E-state index contributed by atoms with van der Waals surface area (Å²) in [6.45, 7) is 3.09. The third-order valence-electron chi connectivity index (χ3n) is 7.82. The van der Waals surface area contributed by atoms with E-state index in [1.54, 1.807) is 11.2 Å². The second-order valence-corrected chi connectivity index (χ2v) is 9.86. The molecule has 4 aromatic heterocycles. The number of alkyl halides is 2. The monoisotopic (exact) mass is 521 g/mol. The maximum atomic E-state index is 13.0. The third-order valence-corrected chi connectivity index (χ3v) is 7.82. The van der Waals surface area contributed by atoms with Gasteiger partial charge < -0.3 is 15.6 Å². The van der Waals surface area contributed by atoms with Crippen LogP contribution >= 0.6 is 0 Å². The SMILES string of the molecule is NCCC1C(N2CCN(C(=O)c3cccc(C(F)F)n3)CC2)CC1n1cc(-c2ncnc3[nH]ccc23)cn1. The summed E-state index contributed by atoms with van der Waals surface area (Å²) in [6, 6.07) is 6.74. The molecule has 5 heterocycles. The Hall–Kier alpha value is -3.77. The molecule has 3 N–H and O–H groups in total. The van der Waals surface area contributed by atoms with Crippen LogP contribution in [0.4, 0.5) is 8.78 Å². The van der Waals surface area contributed by atoms with Crippen LogP contribution in [-0.4, -0.2) is 84.2 Å². The topological polar surface area (TPSA) is 122 Å². The van der Waals surface area contributed by atoms with Gasteiger partial charge in [0.05, 0.1) is 17.9 Å². The number of nitrogens with one attached hydrogen (secondary N) is 1. The summed E-state index contributed by atoms with van der Waals surface area (Å²) in [7, 11) is 0. The largest absolute Gasteiger partial charge is 0.346 e. The first kappa shape index (κ1) is 24.6. The fourth-order valence-electron chi connectivity index (χ4n) is 5.81. The number of nitrogens with two attached hydrogens (primary N) is 1. The zero-order valence-corrected chi connectivity index (χ0v) is 20.7. The predicted octanol–water partition coefficient (Wildman–Crippen LogP) is 2.89. The number of hydrogen-bond donors (Lipinski definition) is 2. The molecule has 3 unspecified atom stereocenters. The van der Waals surface area contributed by atoms with Gasteiger partial charge >= 0.3 is 0 Å². The van der Waals surface area contributed by atoms with E-state index in [-0.39, 0.29) is 23.3 Å². The number of rotatable bonds is 7. The van der Waals surface area contributed by atoms with E-state index in [2.05, 4.69) is 36.1 Å². The van der Waals surface area contributed by atoms with Gasteiger partial charge in [0.25, 0.3) is 12.3 Å². The molecule has 198 valence electrons. The summed E-state index contributed by atoms with van der Waals surface area (Å²) in [4.78, 5) is 32.7. The molecule has 1 aliphatic carbocycles. The van der Waals surface area contributed by atoms with E-state index in [0.29, 0.717) is 31.6 Å². The molecule has 0 bridgehead atoms. The van der Waals surface area contributed by atoms with Gasteiger partial charge in [0, 0.05) is 55.6 Å². The quantitative estimate of drug-likeness (QED) is 0.384. The van der Waals surface area contributed by atoms with E-state index in [1.165, 1.54) is 18.2 Å². The number of nitrogens with zero attached hydrogens (tertiary/aromatic N) is 7. The molecule has 4 aromatic rings. The van der Waals surface area contributed by atoms with Gasteiger partial charge in [-0.05, 0) is 43.5 Å². The number of aromatic amines is 1. The number of pyridine rings is 1. The molecular weight excluding hydrogens is 492 g/mol. The van der Waals surface area contributed by atoms with Crippen molar-refractivity contribution in [1.82, 2.24) is 39.5 Å². The highest BCUT2D eigenvalue weighted by molar-refractivity contribution is 5.92. The van der Waals surface area contributed by atoms with E-state index in [0.717, 1.165) is 48.2 Å². The van der Waals surface area contributed by atoms with Gasteiger partial charge in [-0.15, -0.1) is 0 Å². The van der Waals surface area contributed by atoms with Crippen LogP contribution in [0.3, 0.4) is 0 Å². The average molecular weight is 522 g/mol. The molecule has 3 atom stereocenters. The summed E-state index contributed by atoms with van der Waals surface area (Å²) in [5, 5.41) is 5.64. The summed E-state index contributed by atoms with van der Waals surface area (Å²) in [5.74, 6) is 0.0412. The minimum Gasteiger partial charge on any atom is -0.346 e. The van der Waals surface area contributed by atoms with E-state index in [9.17, 15) is 13.6 Å². The van der Waals surface area contributed by atoms with E-state index in [4.69, 9.17) is 5.73 Å². The number of piperazine rings is 1. The summed E-state index contributed by atoms with van der Waals surface area (Å²) in [5.41, 5.74) is 8.28. The third kappa shape index (κ3) is 4.43. The number of H-pyrrole nitrogens is 1. The number of hydrogen-bond acceptors (Lipinski definition) is 7. The molecular formula is C26H29F2N9O. The zero-order valence-electron chi connectivity index (χ0n) is 20.7. The van der Waals surface area contributed by atoms with Crippen molar-refractivity contribution in [3.8, 4) is 11.3 Å². The van der Waals surface area contributed by atoms with Gasteiger partial charge in [-0.3, -0.25) is 14.4 Å². The van der Waals surface area contributed by atoms with E-state index >= 15 is 0 Å². The molecule has 0 aromatic carbocycles. The lowest BCUT2D eigenvalue weighted by molar-refractivity contribution is -0.0199. The van der Waals surface area contributed by atoms with Crippen molar-refractivity contribution < 1.29 is 13.6 Å². The van der Waals surface area contributed by atoms with E-state index in [1.807, 2.05) is 23.1 Å². The number of carbonyl (C=O) groups excluding carboxylic acids is 1. The zero-order chi connectivity index (χ0) is 26.2. The minimum absolute atomic E-state index is 0.0658. The molecule has 1 saturated carbocycles. The Balaban J connectivity index is 1.11. The first-order chi connectivity index (χ1) is 18.5. The van der Waals surface area contributed by atoms with E-state index < -0.39 is 6.43 Å². The molecule has 10 nitrogen and oxygen atoms in total. The maximum absolute atomic E-state index is 13.0. The second kappa shape index (κ2) is 10.2. The Morgan fingerprint density at radius 1 is 1.13 bits per heavy atom. The first-order valence-electron chi connectivity index (χ1n) is 12.8. The normalized spacial score (nSPS) is 22.2. The number of carbonyl (C=O) groups is 1. The minimum atomic E-state index is -2.70. The van der Waals surface area contributed by atoms with Crippen LogP contribution in [0.1, 0.15) is 41.5 Å². The molecule has 0 radical (unpaired) electrons. The molecule has 0 spiro atoms. The van der Waals surface area contributed by atoms with Crippen LogP contribution < -0.4 is 5.73 Å². The van der Waals surface area contributed by atoms with Crippen molar-refractivity contribution in [3.05, 3.63) is 60.6 Å². The lowest BCUT2D eigenvalue weighted by Crippen LogP contribution is -2.59. The van der Waals surface area contributed by atoms with Crippen molar-refractivity contribution in [2.45, 2.75) is 31.4 Å². The molecule has 2 aliphatic rings. The van der Waals surface area contributed by atoms with Crippen molar-refractivity contribution in [3.63, 3.8) is 0 Å². The van der Waals surface area contributed by atoms with Gasteiger partial charge in [-0.25, -0.2) is 23.7 Å². The lowest BCUT2D eigenvalue weighted by Gasteiger charge is -2.52. The molecule has 2 fully saturated rings. The summed E-state index contributed by atoms with van der Waals surface area (Å²) in [6.07, 6.45) is 6.43. The van der Waals surface area contributed by atoms with Gasteiger partial charge in [0.15, 0.2) is 0 Å². The highest BCUT2D eigenvalue weighted by atomic mass is 19.3. The van der Waals surface area contributed by atoms with Crippen LogP contribution in [0.5, 0.6) is 0 Å². The number of amides is 1. The Morgan fingerprint density at radius 3 is 2.76 bits per heavy atom. The Bertz CT molecular complexity index is 1430. The number of halogens is 2. The van der Waals surface area contributed by atoms with Crippen molar-refractivity contribution in [2.24, 2.45) is 11.7 Å². The Morgan fingerprint density at radius 2 is 1.97 bits per heavy atom. The second-order valence-electron chi connectivity index (χ2n) is 9.86. The lowest BCUT2D eigenvalue weighted by atomic mass is 9.71. The fraction of sp³-hybridized carbons (Fsp3) is 0.423. The number of fused-ring (bicyclic) bond motifs is 1. The summed E-state index contributed by atoms with van der Waals surface area (Å²) < 4.78 is 28.1. The molecule has 6 rings (SSSR count). The molecule has 1 amide bonds. The molecule has 1 saturated heterocycles. The average Bonchev–Trinajstić information content (AvgIpc) is 3.61. The molecule has 12 heteroatoms. The van der Waals surface area contributed by atoms with Crippen LogP contribution in [-0.2, 0) is 0 Å². The van der Waals surface area contributed by atoms with Gasteiger partial charge in [-0.1, -0.05) is 6.07 Å². The van der Waals surface area contributed by atoms with Gasteiger partial charge in [0.2, 0.25) is 0 Å². The first-order valence-corrected chi connectivity index (χ1v) is 12.8. The van der Waals surface area contributed by atoms with Gasteiger partial charge in [-0.2, -0.15) is 5.10 Å². The highest BCUT2D eigenvalue weighted by Gasteiger charge is 2.45. The van der Waals surface area contributed by atoms with Crippen LogP contribution in [0.25, 0.3) is 22.3 Å². The smallest absolute Gasteiger partial charge is 0.280 e. The predicted molar refractivity (Wildman–Crippen MR) is 136 cm³/mol. The molecule has 1 aliphatic heterocycles. The summed E-state index contributed by atoms with van der Waals surface area (Å²) >= 11 is 0. The van der Waals surface area contributed by atoms with Crippen LogP contribution in [0.15, 0.2) is 49.2 Å².